The van der Waals surface area contributed by atoms with Crippen molar-refractivity contribution < 1.29 is 22.3 Å². The molecule has 1 aromatic carbocycles. The smallest absolute Gasteiger partial charge is 0.387 e. The number of alkyl halides is 3. The summed E-state index contributed by atoms with van der Waals surface area (Å²) in [5.74, 6) is -0.682. The molecule has 0 spiro atoms. The molecule has 1 fully saturated rings. The van der Waals surface area contributed by atoms with E-state index in [2.05, 4.69) is 10.1 Å². The van der Waals surface area contributed by atoms with Crippen LogP contribution in [-0.4, -0.2) is 19.3 Å². The molecule has 1 aromatic rings. The monoisotopic (exact) mass is 249 g/mol. The molecule has 94 valence electrons. The summed E-state index contributed by atoms with van der Waals surface area (Å²) < 4.78 is 54.7. The number of hydrogen-bond donors (Lipinski definition) is 1. The molecular weight excluding hydrogens is 238 g/mol. The van der Waals surface area contributed by atoms with Crippen molar-refractivity contribution in [2.24, 2.45) is 0 Å². The van der Waals surface area contributed by atoms with Crippen LogP contribution in [-0.2, 0) is 0 Å². The van der Waals surface area contributed by atoms with Gasteiger partial charge in [-0.05, 0) is 24.6 Å². The van der Waals surface area contributed by atoms with E-state index in [1.165, 1.54) is 0 Å². The van der Waals surface area contributed by atoms with Crippen LogP contribution in [0.15, 0.2) is 18.2 Å². The summed E-state index contributed by atoms with van der Waals surface area (Å²) in [6, 6.07) is 2.76. The predicted molar refractivity (Wildman–Crippen MR) is 53.3 cm³/mol. The zero-order chi connectivity index (χ0) is 12.4. The van der Waals surface area contributed by atoms with Crippen molar-refractivity contribution in [1.29, 1.82) is 0 Å². The van der Waals surface area contributed by atoms with E-state index in [-0.39, 0.29) is 24.3 Å². The summed E-state index contributed by atoms with van der Waals surface area (Å²) in [4.78, 5) is 0. The average Bonchev–Trinajstić information content (AvgIpc) is 2.67. The molecule has 2 atom stereocenters. The van der Waals surface area contributed by atoms with Gasteiger partial charge in [0.25, 0.3) is 0 Å². The van der Waals surface area contributed by atoms with Gasteiger partial charge >= 0.3 is 6.61 Å². The Bertz CT molecular complexity index is 399. The number of rotatable bonds is 3. The summed E-state index contributed by atoms with van der Waals surface area (Å²) in [5, 5.41) is 2.80. The van der Waals surface area contributed by atoms with Crippen LogP contribution in [0.1, 0.15) is 18.0 Å². The first kappa shape index (κ1) is 12.2. The molecule has 0 radical (unpaired) electrons. The zero-order valence-corrected chi connectivity index (χ0v) is 8.80. The van der Waals surface area contributed by atoms with Crippen LogP contribution in [0.3, 0.4) is 0 Å². The Morgan fingerprint density at radius 2 is 2.12 bits per heavy atom. The van der Waals surface area contributed by atoms with E-state index in [1.54, 1.807) is 0 Å². The van der Waals surface area contributed by atoms with Crippen molar-refractivity contribution in [1.82, 2.24) is 5.32 Å². The fourth-order valence-electron chi connectivity index (χ4n) is 1.92. The van der Waals surface area contributed by atoms with Gasteiger partial charge in [-0.1, -0.05) is 0 Å². The number of benzene rings is 1. The molecular formula is C11H11F4NO. The lowest BCUT2D eigenvalue weighted by Crippen LogP contribution is -2.16. The van der Waals surface area contributed by atoms with E-state index in [4.69, 9.17) is 0 Å². The Morgan fingerprint density at radius 1 is 1.35 bits per heavy atom. The molecule has 0 aromatic heterocycles. The van der Waals surface area contributed by atoms with Gasteiger partial charge < -0.3 is 10.1 Å². The van der Waals surface area contributed by atoms with Gasteiger partial charge in [-0.15, -0.1) is 0 Å². The predicted octanol–water partition coefficient (Wildman–Crippen LogP) is 2.80. The number of ether oxygens (including phenoxy) is 1. The third-order valence-corrected chi connectivity index (χ3v) is 2.64. The van der Waals surface area contributed by atoms with E-state index < -0.39 is 24.6 Å². The molecule has 0 saturated carbocycles. The van der Waals surface area contributed by atoms with Gasteiger partial charge in [0.2, 0.25) is 0 Å². The van der Waals surface area contributed by atoms with E-state index in [0.29, 0.717) is 0 Å². The van der Waals surface area contributed by atoms with Crippen LogP contribution < -0.4 is 10.1 Å². The Kier molecular flexibility index (Phi) is 3.51. The minimum Gasteiger partial charge on any atom is -0.434 e. The standard InChI is InChI=1S/C11H11F4NO/c12-6-1-2-10(17-11(14)15)8(3-6)9-4-7(13)5-16-9/h1-3,7,9,11,16H,4-5H2/t7-,9+/m0/s1. The van der Waals surface area contributed by atoms with Crippen LogP contribution in [0.5, 0.6) is 5.75 Å². The van der Waals surface area contributed by atoms with Crippen molar-refractivity contribution in [2.75, 3.05) is 6.54 Å². The van der Waals surface area contributed by atoms with Crippen LogP contribution in [0.25, 0.3) is 0 Å². The molecule has 0 bridgehead atoms. The summed E-state index contributed by atoms with van der Waals surface area (Å²) in [6.07, 6.45) is -0.925. The maximum atomic E-state index is 13.1. The Labute approximate surface area is 95.6 Å². The average molecular weight is 249 g/mol. The van der Waals surface area contributed by atoms with Crippen molar-refractivity contribution in [3.8, 4) is 5.75 Å². The maximum absolute atomic E-state index is 13.1. The van der Waals surface area contributed by atoms with Crippen LogP contribution >= 0.6 is 0 Å². The quantitative estimate of drug-likeness (QED) is 0.832. The first-order valence-corrected chi connectivity index (χ1v) is 5.18. The van der Waals surface area contributed by atoms with Crippen molar-refractivity contribution >= 4 is 0 Å². The van der Waals surface area contributed by atoms with Crippen LogP contribution in [0.2, 0.25) is 0 Å². The summed E-state index contributed by atoms with van der Waals surface area (Å²) >= 11 is 0. The second-order valence-corrected chi connectivity index (χ2v) is 3.85. The van der Waals surface area contributed by atoms with Gasteiger partial charge in [-0.25, -0.2) is 8.78 Å². The highest BCUT2D eigenvalue weighted by atomic mass is 19.3. The summed E-state index contributed by atoms with van der Waals surface area (Å²) in [6.45, 7) is -2.85. The lowest BCUT2D eigenvalue weighted by atomic mass is 10.0. The lowest BCUT2D eigenvalue weighted by molar-refractivity contribution is -0.0507. The SMILES string of the molecule is Fc1ccc(OC(F)F)c([C@H]2C[C@H](F)CN2)c1. The molecule has 1 heterocycles. The van der Waals surface area contributed by atoms with Gasteiger partial charge in [0, 0.05) is 18.2 Å². The van der Waals surface area contributed by atoms with Gasteiger partial charge in [0.05, 0.1) is 0 Å². The Balaban J connectivity index is 2.26. The first-order valence-electron chi connectivity index (χ1n) is 5.18. The molecule has 2 rings (SSSR count). The second kappa shape index (κ2) is 4.91. The highest BCUT2D eigenvalue weighted by Gasteiger charge is 2.28. The fourth-order valence-corrected chi connectivity index (χ4v) is 1.92. The third kappa shape index (κ3) is 2.88. The molecule has 1 N–H and O–H groups in total. The first-order chi connectivity index (χ1) is 8.06. The van der Waals surface area contributed by atoms with Crippen molar-refractivity contribution in [3.05, 3.63) is 29.6 Å². The molecule has 1 aliphatic heterocycles. The van der Waals surface area contributed by atoms with Crippen molar-refractivity contribution in [2.45, 2.75) is 25.2 Å². The van der Waals surface area contributed by atoms with E-state index in [9.17, 15) is 17.6 Å². The van der Waals surface area contributed by atoms with E-state index >= 15 is 0 Å². The molecule has 1 saturated heterocycles. The maximum Gasteiger partial charge on any atom is 0.387 e. The fraction of sp³-hybridized carbons (Fsp3) is 0.455. The number of nitrogens with one attached hydrogen (secondary N) is 1. The summed E-state index contributed by atoms with van der Waals surface area (Å²) in [7, 11) is 0. The highest BCUT2D eigenvalue weighted by Crippen LogP contribution is 2.33. The van der Waals surface area contributed by atoms with E-state index in [0.717, 1.165) is 18.2 Å². The zero-order valence-electron chi connectivity index (χ0n) is 8.80. The topological polar surface area (TPSA) is 21.3 Å². The molecule has 0 unspecified atom stereocenters. The van der Waals surface area contributed by atoms with Gasteiger partial charge in [0.15, 0.2) is 0 Å². The van der Waals surface area contributed by atoms with Crippen LogP contribution in [0.4, 0.5) is 17.6 Å². The molecule has 0 aliphatic carbocycles. The van der Waals surface area contributed by atoms with Gasteiger partial charge in [0.1, 0.15) is 17.7 Å². The molecule has 2 nitrogen and oxygen atoms in total. The molecule has 0 amide bonds. The molecule has 17 heavy (non-hydrogen) atoms. The lowest BCUT2D eigenvalue weighted by Gasteiger charge is -2.16. The molecule has 1 aliphatic rings. The highest BCUT2D eigenvalue weighted by molar-refractivity contribution is 5.37. The van der Waals surface area contributed by atoms with Crippen molar-refractivity contribution in [3.63, 3.8) is 0 Å². The number of hydrogen-bond acceptors (Lipinski definition) is 2. The minimum absolute atomic E-state index is 0.118. The van der Waals surface area contributed by atoms with Crippen LogP contribution in [0, 0.1) is 5.82 Å². The number of halogens is 4. The van der Waals surface area contributed by atoms with Gasteiger partial charge in [-0.2, -0.15) is 8.78 Å². The largest absolute Gasteiger partial charge is 0.434 e. The molecule has 6 heteroatoms. The summed E-state index contributed by atoms with van der Waals surface area (Å²) in [5.41, 5.74) is 0.227. The minimum atomic E-state index is -2.98. The second-order valence-electron chi connectivity index (χ2n) is 3.85. The normalized spacial score (nSPS) is 24.3. The van der Waals surface area contributed by atoms with Gasteiger partial charge in [-0.3, -0.25) is 0 Å². The van der Waals surface area contributed by atoms with E-state index in [1.807, 2.05) is 0 Å². The Hall–Kier alpha value is -1.30. The Morgan fingerprint density at radius 3 is 2.71 bits per heavy atom. The third-order valence-electron chi connectivity index (χ3n) is 2.64.